The third-order valence-corrected chi connectivity index (χ3v) is 21.9. The minimum atomic E-state index is -2.05. The molecule has 194 valence electrons. The van der Waals surface area contributed by atoms with Gasteiger partial charge in [-0.25, -0.2) is 0 Å². The lowest BCUT2D eigenvalue weighted by atomic mass is 9.95. The van der Waals surface area contributed by atoms with Crippen molar-refractivity contribution in [3.63, 3.8) is 0 Å². The molecule has 0 aromatic heterocycles. The van der Waals surface area contributed by atoms with Crippen LogP contribution in [0.5, 0.6) is 0 Å². The van der Waals surface area contributed by atoms with E-state index >= 15 is 0 Å². The average molecular weight is 513 g/mol. The van der Waals surface area contributed by atoms with Gasteiger partial charge in [0.05, 0.1) is 12.2 Å². The molecule has 0 rings (SSSR count). The second-order valence-electron chi connectivity index (χ2n) is 14.1. The molecule has 0 radical (unpaired) electrons. The predicted octanol–water partition coefficient (Wildman–Crippen LogP) is 8.61. The van der Waals surface area contributed by atoms with Crippen LogP contribution in [-0.2, 0) is 13.3 Å². The fourth-order valence-corrected chi connectivity index (χ4v) is 6.43. The zero-order valence-electron chi connectivity index (χ0n) is 24.7. The van der Waals surface area contributed by atoms with Crippen LogP contribution in [0.3, 0.4) is 0 Å². The Morgan fingerprint density at radius 1 is 0.758 bits per heavy atom. The zero-order valence-corrected chi connectivity index (χ0v) is 27.7. The summed E-state index contributed by atoms with van der Waals surface area (Å²) in [6, 6.07) is 0. The molecule has 0 spiro atoms. The molecule has 3 atom stereocenters. The second kappa shape index (κ2) is 11.3. The van der Waals surface area contributed by atoms with Gasteiger partial charge in [-0.3, -0.25) is 0 Å². The summed E-state index contributed by atoms with van der Waals surface area (Å²) >= 11 is 0. The first kappa shape index (κ1) is 32.8. The first-order chi connectivity index (χ1) is 14.4. The Morgan fingerprint density at radius 2 is 1.15 bits per heavy atom. The minimum absolute atomic E-state index is 0.00377. The Balaban J connectivity index is 6.34. The molecule has 0 aromatic carbocycles. The molecule has 0 amide bonds. The van der Waals surface area contributed by atoms with Crippen LogP contribution < -0.4 is 0 Å². The number of rotatable bonds is 11. The molecule has 0 aliphatic heterocycles. The van der Waals surface area contributed by atoms with Crippen molar-refractivity contribution in [3.05, 3.63) is 12.7 Å². The molecule has 0 bridgehead atoms. The highest BCUT2D eigenvalue weighted by Crippen LogP contribution is 2.42. The van der Waals surface area contributed by atoms with Crippen LogP contribution in [0, 0.1) is 18.3 Å². The van der Waals surface area contributed by atoms with E-state index in [1.807, 2.05) is 6.08 Å². The molecule has 0 N–H and O–H groups in total. The maximum atomic E-state index is 6.96. The molecule has 3 nitrogen and oxygen atoms in total. The highest BCUT2D eigenvalue weighted by atomic mass is 28.4. The molecule has 0 saturated heterocycles. The van der Waals surface area contributed by atoms with E-state index in [-0.39, 0.29) is 33.2 Å². The van der Waals surface area contributed by atoms with Crippen LogP contribution in [0.4, 0.5) is 0 Å². The van der Waals surface area contributed by atoms with Crippen molar-refractivity contribution < 1.29 is 13.3 Å². The van der Waals surface area contributed by atoms with Crippen molar-refractivity contribution in [2.24, 2.45) is 5.92 Å². The van der Waals surface area contributed by atoms with Gasteiger partial charge >= 0.3 is 0 Å². The Hall–Kier alpha value is -0.169. The second-order valence-corrected chi connectivity index (χ2v) is 28.5. The molecular weight excluding hydrogens is 457 g/mol. The Bertz CT molecular complexity index is 671. The van der Waals surface area contributed by atoms with Crippen molar-refractivity contribution in [3.8, 4) is 12.3 Å². The van der Waals surface area contributed by atoms with Gasteiger partial charge in [-0.05, 0) is 54.4 Å². The maximum Gasteiger partial charge on any atom is 0.192 e. The van der Waals surface area contributed by atoms with Gasteiger partial charge in [0.2, 0.25) is 0 Å². The first-order valence-electron chi connectivity index (χ1n) is 12.5. The van der Waals surface area contributed by atoms with Gasteiger partial charge in [0.1, 0.15) is 0 Å². The van der Waals surface area contributed by atoms with Gasteiger partial charge in [-0.15, -0.1) is 18.9 Å². The summed E-state index contributed by atoms with van der Waals surface area (Å²) < 4.78 is 20.6. The van der Waals surface area contributed by atoms with Crippen LogP contribution in [0.2, 0.25) is 54.4 Å². The first-order valence-corrected chi connectivity index (χ1v) is 21.2. The van der Waals surface area contributed by atoms with E-state index in [2.05, 4.69) is 114 Å². The summed E-state index contributed by atoms with van der Waals surface area (Å²) in [5.41, 5.74) is 0. The van der Waals surface area contributed by atoms with E-state index in [4.69, 9.17) is 19.7 Å². The number of terminal acetylenes is 1. The molecule has 0 aromatic rings. The molecule has 6 heteroatoms. The summed E-state index contributed by atoms with van der Waals surface area (Å²) in [4.78, 5) is 0. The van der Waals surface area contributed by atoms with E-state index < -0.39 is 25.0 Å². The van der Waals surface area contributed by atoms with Crippen molar-refractivity contribution in [2.45, 2.75) is 135 Å². The molecule has 0 saturated carbocycles. The van der Waals surface area contributed by atoms with Crippen molar-refractivity contribution >= 4 is 25.0 Å². The number of hydrogen-bond donors (Lipinski definition) is 0. The van der Waals surface area contributed by atoms with Crippen LogP contribution in [0.15, 0.2) is 12.7 Å². The predicted molar refractivity (Wildman–Crippen MR) is 154 cm³/mol. The molecule has 0 aliphatic carbocycles. The van der Waals surface area contributed by atoms with Crippen LogP contribution in [0.1, 0.15) is 68.7 Å². The van der Waals surface area contributed by atoms with Gasteiger partial charge in [0.25, 0.3) is 0 Å². The van der Waals surface area contributed by atoms with Gasteiger partial charge in [-0.1, -0.05) is 68.4 Å². The lowest BCUT2D eigenvalue weighted by Gasteiger charge is -2.46. The van der Waals surface area contributed by atoms with Crippen molar-refractivity contribution in [2.75, 3.05) is 6.61 Å². The lowest BCUT2D eigenvalue weighted by Crippen LogP contribution is -2.53. The summed E-state index contributed by atoms with van der Waals surface area (Å²) in [5, 5.41) is 0.319. The molecule has 0 aliphatic rings. The summed E-state index contributed by atoms with van der Waals surface area (Å²) in [6.45, 7) is 39.0. The Morgan fingerprint density at radius 3 is 1.48 bits per heavy atom. The Labute approximate surface area is 210 Å². The van der Waals surface area contributed by atoms with Gasteiger partial charge in [-0.2, -0.15) is 0 Å². The monoisotopic (exact) mass is 512 g/mol. The molecular formula is C27H56O3Si3. The highest BCUT2D eigenvalue weighted by Gasteiger charge is 2.46. The average Bonchev–Trinajstić information content (AvgIpc) is 2.57. The van der Waals surface area contributed by atoms with Crippen molar-refractivity contribution in [1.29, 1.82) is 0 Å². The quantitative estimate of drug-likeness (QED) is 0.157. The fraction of sp³-hybridized carbons (Fsp3) is 0.852. The van der Waals surface area contributed by atoms with E-state index in [1.165, 1.54) is 0 Å². The third kappa shape index (κ3) is 9.09. The fourth-order valence-electron chi connectivity index (χ4n) is 2.71. The van der Waals surface area contributed by atoms with E-state index in [0.29, 0.717) is 13.0 Å². The maximum absolute atomic E-state index is 6.96. The third-order valence-electron chi connectivity index (χ3n) is 8.38. The van der Waals surface area contributed by atoms with Crippen LogP contribution in [-0.4, -0.2) is 43.8 Å². The molecule has 0 unspecified atom stereocenters. The van der Waals surface area contributed by atoms with E-state index in [1.54, 1.807) is 0 Å². The van der Waals surface area contributed by atoms with Gasteiger partial charge in [0, 0.05) is 18.9 Å². The zero-order chi connectivity index (χ0) is 26.7. The molecule has 0 heterocycles. The molecule has 0 fully saturated rings. The van der Waals surface area contributed by atoms with Crippen LogP contribution >= 0.6 is 0 Å². The highest BCUT2D eigenvalue weighted by molar-refractivity contribution is 6.75. The Kier molecular flexibility index (Phi) is 11.2. The minimum Gasteiger partial charge on any atom is -0.416 e. The largest absolute Gasteiger partial charge is 0.416 e. The van der Waals surface area contributed by atoms with Gasteiger partial charge in [0.15, 0.2) is 25.0 Å². The van der Waals surface area contributed by atoms with E-state index in [0.717, 1.165) is 0 Å². The summed E-state index contributed by atoms with van der Waals surface area (Å²) in [5.74, 6) is 2.89. The van der Waals surface area contributed by atoms with Gasteiger partial charge < -0.3 is 13.3 Å². The number of hydrogen-bond acceptors (Lipinski definition) is 3. The standard InChI is InChI=1S/C27H56O3Si3/c1-18-20-24(30-33(16,17)27(9,10)11)22(21-28-31(12,13)25(3,4)5)23(19-2)29-32(14,15)26(6,7)8/h1,19,22-24H,2,20-21H2,3-17H3/t22-,23-,24-/m1/s1. The van der Waals surface area contributed by atoms with E-state index in [9.17, 15) is 0 Å². The lowest BCUT2D eigenvalue weighted by molar-refractivity contribution is 0.0200. The summed E-state index contributed by atoms with van der Waals surface area (Å²) in [7, 11) is -6.05. The SMILES string of the molecule is C#CC[C@@H](O[Si](C)(C)C(C)(C)C)[C@H](CO[Si](C)(C)C(C)(C)C)[C@@H](C=C)O[Si](C)(C)C(C)(C)C. The summed E-state index contributed by atoms with van der Waals surface area (Å²) in [6.07, 6.45) is 8.08. The topological polar surface area (TPSA) is 27.7 Å². The van der Waals surface area contributed by atoms with Crippen LogP contribution in [0.25, 0.3) is 0 Å². The molecule has 33 heavy (non-hydrogen) atoms. The smallest absolute Gasteiger partial charge is 0.192 e. The van der Waals surface area contributed by atoms with Crippen molar-refractivity contribution in [1.82, 2.24) is 0 Å². The normalized spacial score (nSPS) is 17.3.